The quantitative estimate of drug-likeness (QED) is 0.845. The van der Waals surface area contributed by atoms with Crippen LogP contribution in [0.5, 0.6) is 17.2 Å². The first kappa shape index (κ1) is 17.7. The highest BCUT2D eigenvalue weighted by molar-refractivity contribution is 6.09. The van der Waals surface area contributed by atoms with E-state index in [2.05, 4.69) is 5.32 Å². The number of methoxy groups -OCH3 is 1. The van der Waals surface area contributed by atoms with Crippen molar-refractivity contribution in [3.8, 4) is 17.2 Å². The van der Waals surface area contributed by atoms with E-state index in [1.54, 1.807) is 42.2 Å². The first-order valence-corrected chi connectivity index (χ1v) is 9.44. The highest BCUT2D eigenvalue weighted by Gasteiger charge is 2.54. The van der Waals surface area contributed by atoms with Gasteiger partial charge in [-0.15, -0.1) is 0 Å². The molecule has 1 saturated heterocycles. The number of benzene rings is 2. The maximum atomic E-state index is 13.1. The average Bonchev–Trinajstić information content (AvgIpc) is 3.43. The van der Waals surface area contributed by atoms with Gasteiger partial charge in [0.05, 0.1) is 12.5 Å². The van der Waals surface area contributed by atoms with Crippen molar-refractivity contribution in [2.24, 2.45) is 0 Å². The summed E-state index contributed by atoms with van der Waals surface area (Å²) in [6.07, 6.45) is 0.574. The molecule has 8 heteroatoms. The fraction of sp³-hybridized carbons (Fsp3) is 0.333. The molecule has 3 aliphatic rings. The molecule has 0 bridgehead atoms. The Morgan fingerprint density at radius 1 is 1.17 bits per heavy atom. The van der Waals surface area contributed by atoms with Crippen LogP contribution in [0.3, 0.4) is 0 Å². The van der Waals surface area contributed by atoms with Crippen LogP contribution in [0.15, 0.2) is 36.4 Å². The van der Waals surface area contributed by atoms with E-state index in [-0.39, 0.29) is 18.7 Å². The third kappa shape index (κ3) is 2.59. The molecule has 8 nitrogen and oxygen atoms in total. The first-order valence-electron chi connectivity index (χ1n) is 9.44. The Kier molecular flexibility index (Phi) is 3.84. The van der Waals surface area contributed by atoms with E-state index in [1.165, 1.54) is 0 Å². The molecule has 0 aliphatic carbocycles. The minimum Gasteiger partial charge on any atom is -0.497 e. The standard InChI is InChI=1S/C21H21N3O5/c1-23-16-5-4-14(27-2)10-15(16)21(19(23)25)7-8-24(11-21)20(26)22-13-3-6-17-18(9-13)29-12-28-17/h3-6,9-10H,7-8,11-12H2,1-2H3,(H,22,26). The predicted molar refractivity (Wildman–Crippen MR) is 106 cm³/mol. The van der Waals surface area contributed by atoms with Gasteiger partial charge >= 0.3 is 6.03 Å². The van der Waals surface area contributed by atoms with Gasteiger partial charge in [0, 0.05) is 37.6 Å². The van der Waals surface area contributed by atoms with E-state index in [1.807, 2.05) is 18.2 Å². The molecule has 29 heavy (non-hydrogen) atoms. The second-order valence-electron chi connectivity index (χ2n) is 7.50. The van der Waals surface area contributed by atoms with Crippen molar-refractivity contribution in [2.45, 2.75) is 11.8 Å². The number of nitrogens with one attached hydrogen (secondary N) is 1. The Morgan fingerprint density at radius 3 is 2.83 bits per heavy atom. The molecule has 5 rings (SSSR count). The lowest BCUT2D eigenvalue weighted by atomic mass is 9.81. The van der Waals surface area contributed by atoms with E-state index < -0.39 is 5.41 Å². The lowest BCUT2D eigenvalue weighted by Gasteiger charge is -2.24. The SMILES string of the molecule is COc1ccc2c(c1)C1(CCN(C(=O)Nc3ccc4c(c3)OCO4)C1)C(=O)N2C. The van der Waals surface area contributed by atoms with Crippen LogP contribution in [0, 0.1) is 0 Å². The van der Waals surface area contributed by atoms with Crippen LogP contribution in [0.4, 0.5) is 16.2 Å². The summed E-state index contributed by atoms with van der Waals surface area (Å²) in [5, 5.41) is 2.89. The van der Waals surface area contributed by atoms with Crippen molar-refractivity contribution in [3.05, 3.63) is 42.0 Å². The predicted octanol–water partition coefficient (Wildman–Crippen LogP) is 2.58. The summed E-state index contributed by atoms with van der Waals surface area (Å²) in [6.45, 7) is 0.999. The number of rotatable bonds is 2. The van der Waals surface area contributed by atoms with E-state index in [0.29, 0.717) is 42.4 Å². The van der Waals surface area contributed by atoms with E-state index in [9.17, 15) is 9.59 Å². The molecule has 1 fully saturated rings. The minimum atomic E-state index is -0.731. The second-order valence-corrected chi connectivity index (χ2v) is 7.50. The summed E-state index contributed by atoms with van der Waals surface area (Å²) >= 11 is 0. The third-order valence-electron chi connectivity index (χ3n) is 5.97. The molecule has 3 aliphatic heterocycles. The van der Waals surface area contributed by atoms with Crippen LogP contribution in [0.25, 0.3) is 0 Å². The number of likely N-dealkylation sites (tertiary alicyclic amines) is 1. The van der Waals surface area contributed by atoms with Crippen molar-refractivity contribution in [3.63, 3.8) is 0 Å². The number of hydrogen-bond acceptors (Lipinski definition) is 5. The second kappa shape index (κ2) is 6.30. The number of hydrogen-bond donors (Lipinski definition) is 1. The fourth-order valence-electron chi connectivity index (χ4n) is 4.42. The van der Waals surface area contributed by atoms with Gasteiger partial charge in [-0.3, -0.25) is 4.79 Å². The summed E-state index contributed by atoms with van der Waals surface area (Å²) in [4.78, 5) is 29.4. The molecular weight excluding hydrogens is 374 g/mol. The van der Waals surface area contributed by atoms with Crippen LogP contribution in [-0.4, -0.2) is 50.9 Å². The number of likely N-dealkylation sites (N-methyl/N-ethyl adjacent to an activating group) is 1. The molecule has 3 amide bonds. The molecule has 2 aromatic rings. The van der Waals surface area contributed by atoms with Crippen molar-refractivity contribution in [2.75, 3.05) is 44.3 Å². The summed E-state index contributed by atoms with van der Waals surface area (Å²) in [6, 6.07) is 10.7. The van der Waals surface area contributed by atoms with Crippen LogP contribution in [-0.2, 0) is 10.2 Å². The molecule has 0 saturated carbocycles. The Bertz CT molecular complexity index is 1020. The molecule has 3 heterocycles. The number of carbonyl (C=O) groups excluding carboxylic acids is 2. The van der Waals surface area contributed by atoms with Gasteiger partial charge in [0.2, 0.25) is 12.7 Å². The lowest BCUT2D eigenvalue weighted by molar-refractivity contribution is -0.122. The Hall–Kier alpha value is -3.42. The van der Waals surface area contributed by atoms with E-state index in [0.717, 1.165) is 11.3 Å². The van der Waals surface area contributed by atoms with Crippen LogP contribution in [0.1, 0.15) is 12.0 Å². The molecule has 1 atom stereocenters. The number of ether oxygens (including phenoxy) is 3. The average molecular weight is 395 g/mol. The van der Waals surface area contributed by atoms with Crippen molar-refractivity contribution in [1.82, 2.24) is 4.90 Å². The Labute approximate surface area is 167 Å². The van der Waals surface area contributed by atoms with E-state index in [4.69, 9.17) is 14.2 Å². The normalized spacial score (nSPS) is 21.7. The van der Waals surface area contributed by atoms with Gasteiger partial charge in [0.25, 0.3) is 0 Å². The zero-order chi connectivity index (χ0) is 20.2. The van der Waals surface area contributed by atoms with Gasteiger partial charge < -0.3 is 29.3 Å². The molecule has 1 unspecified atom stereocenters. The van der Waals surface area contributed by atoms with Gasteiger partial charge in [0.15, 0.2) is 11.5 Å². The lowest BCUT2D eigenvalue weighted by Crippen LogP contribution is -2.42. The van der Waals surface area contributed by atoms with Crippen molar-refractivity contribution in [1.29, 1.82) is 0 Å². The van der Waals surface area contributed by atoms with Crippen molar-refractivity contribution < 1.29 is 23.8 Å². The van der Waals surface area contributed by atoms with Gasteiger partial charge in [-0.05, 0) is 42.3 Å². The van der Waals surface area contributed by atoms with Crippen LogP contribution in [0.2, 0.25) is 0 Å². The maximum Gasteiger partial charge on any atom is 0.321 e. The fourth-order valence-corrected chi connectivity index (χ4v) is 4.42. The van der Waals surface area contributed by atoms with Gasteiger partial charge in [-0.2, -0.15) is 0 Å². The van der Waals surface area contributed by atoms with Gasteiger partial charge in [0.1, 0.15) is 5.75 Å². The number of urea groups is 1. The molecule has 1 spiro atoms. The summed E-state index contributed by atoms with van der Waals surface area (Å²) in [5.41, 5.74) is 1.68. The topological polar surface area (TPSA) is 80.3 Å². The molecule has 150 valence electrons. The van der Waals surface area contributed by atoms with E-state index >= 15 is 0 Å². The molecule has 1 N–H and O–H groups in total. The number of fused-ring (bicyclic) bond motifs is 3. The highest BCUT2D eigenvalue weighted by atomic mass is 16.7. The van der Waals surface area contributed by atoms with Crippen LogP contribution < -0.4 is 24.4 Å². The first-order chi connectivity index (χ1) is 14.0. The largest absolute Gasteiger partial charge is 0.497 e. The molecular formula is C21H21N3O5. The summed E-state index contributed by atoms with van der Waals surface area (Å²) in [5.74, 6) is 1.98. The molecule has 2 aromatic carbocycles. The zero-order valence-electron chi connectivity index (χ0n) is 16.2. The molecule has 0 radical (unpaired) electrons. The number of amides is 3. The molecule has 0 aromatic heterocycles. The van der Waals surface area contributed by atoms with Crippen molar-refractivity contribution >= 4 is 23.3 Å². The van der Waals surface area contributed by atoms with Gasteiger partial charge in [-0.25, -0.2) is 4.79 Å². The summed E-state index contributed by atoms with van der Waals surface area (Å²) < 4.78 is 16.0. The smallest absolute Gasteiger partial charge is 0.321 e. The van der Waals surface area contributed by atoms with Gasteiger partial charge in [-0.1, -0.05) is 0 Å². The Balaban J connectivity index is 1.38. The highest BCUT2D eigenvalue weighted by Crippen LogP contribution is 2.48. The third-order valence-corrected chi connectivity index (χ3v) is 5.97. The maximum absolute atomic E-state index is 13.1. The monoisotopic (exact) mass is 395 g/mol. The number of nitrogens with zero attached hydrogens (tertiary/aromatic N) is 2. The zero-order valence-corrected chi connectivity index (χ0v) is 16.2. The number of carbonyl (C=O) groups is 2. The number of anilines is 2. The Morgan fingerprint density at radius 2 is 2.00 bits per heavy atom. The minimum absolute atomic E-state index is 0.0131. The summed E-state index contributed by atoms with van der Waals surface area (Å²) in [7, 11) is 3.38. The van der Waals surface area contributed by atoms with Crippen LogP contribution >= 0.6 is 0 Å².